The number of hydrogen-bond donors (Lipinski definition) is 2. The molecular formula is C17H23N3O6. The van der Waals surface area contributed by atoms with Gasteiger partial charge >= 0.3 is 5.97 Å². The van der Waals surface area contributed by atoms with Crippen molar-refractivity contribution in [2.45, 2.75) is 19.9 Å². The largest absolute Gasteiger partial charge is 0.477 e. The number of carbonyl (C=O) groups is 1. The Hall–Kier alpha value is -2.78. The molecule has 0 aliphatic rings. The van der Waals surface area contributed by atoms with Gasteiger partial charge in [0.2, 0.25) is 0 Å². The number of hydrogen-bond acceptors (Lipinski definition) is 7. The van der Waals surface area contributed by atoms with Crippen molar-refractivity contribution in [3.63, 3.8) is 0 Å². The Labute approximate surface area is 151 Å². The van der Waals surface area contributed by atoms with E-state index in [1.807, 2.05) is 13.8 Å². The second-order valence-electron chi connectivity index (χ2n) is 5.63. The third-order valence-corrected chi connectivity index (χ3v) is 3.39. The van der Waals surface area contributed by atoms with Gasteiger partial charge in [0, 0.05) is 38.5 Å². The molecule has 0 atom stereocenters. The van der Waals surface area contributed by atoms with Gasteiger partial charge in [-0.1, -0.05) is 0 Å². The topological polar surface area (TPSA) is 104 Å². The lowest BCUT2D eigenvalue weighted by Crippen LogP contribution is -2.12. The first-order valence-corrected chi connectivity index (χ1v) is 7.93. The van der Waals surface area contributed by atoms with Crippen molar-refractivity contribution in [1.29, 1.82) is 0 Å². The minimum Gasteiger partial charge on any atom is -0.477 e. The maximum atomic E-state index is 11.8. The zero-order valence-corrected chi connectivity index (χ0v) is 15.2. The molecule has 2 rings (SSSR count). The Morgan fingerprint density at radius 2 is 1.92 bits per heavy atom. The summed E-state index contributed by atoms with van der Waals surface area (Å²) in [5, 5.41) is 17.0. The summed E-state index contributed by atoms with van der Waals surface area (Å²) in [6.45, 7) is 3.86. The van der Waals surface area contributed by atoms with Crippen molar-refractivity contribution in [3.8, 4) is 11.5 Å². The molecule has 0 fully saturated rings. The van der Waals surface area contributed by atoms with Crippen LogP contribution in [0.1, 0.15) is 30.2 Å². The molecule has 26 heavy (non-hydrogen) atoms. The van der Waals surface area contributed by atoms with Crippen molar-refractivity contribution in [3.05, 3.63) is 30.0 Å². The van der Waals surface area contributed by atoms with Crippen molar-refractivity contribution in [1.82, 2.24) is 9.78 Å². The van der Waals surface area contributed by atoms with E-state index in [0.717, 1.165) is 0 Å². The van der Waals surface area contributed by atoms with Crippen molar-refractivity contribution >= 4 is 17.5 Å². The number of methoxy groups -OCH3 is 2. The minimum absolute atomic E-state index is 0.0134. The maximum Gasteiger partial charge on any atom is 0.341 e. The maximum absolute atomic E-state index is 11.8. The summed E-state index contributed by atoms with van der Waals surface area (Å²) in [7, 11) is 2.94. The number of carboxylic acids is 1. The van der Waals surface area contributed by atoms with Gasteiger partial charge in [0.05, 0.1) is 11.9 Å². The molecule has 0 amide bonds. The van der Waals surface area contributed by atoms with Gasteiger partial charge in [-0.15, -0.1) is 0 Å². The van der Waals surface area contributed by atoms with Crippen LogP contribution in [0.3, 0.4) is 0 Å². The number of ether oxygens (including phenoxy) is 4. The van der Waals surface area contributed by atoms with Gasteiger partial charge in [0.25, 0.3) is 0 Å². The van der Waals surface area contributed by atoms with E-state index in [2.05, 4.69) is 10.4 Å². The van der Waals surface area contributed by atoms with Crippen LogP contribution in [0.5, 0.6) is 11.5 Å². The molecule has 0 spiro atoms. The number of benzene rings is 1. The summed E-state index contributed by atoms with van der Waals surface area (Å²) in [5.41, 5.74) is 0.267. The molecule has 0 saturated heterocycles. The van der Waals surface area contributed by atoms with E-state index < -0.39 is 5.97 Å². The Balaban J connectivity index is 2.48. The predicted octanol–water partition coefficient (Wildman–Crippen LogP) is 2.87. The molecule has 0 unspecified atom stereocenters. The Bertz CT molecular complexity index is 744. The first-order valence-electron chi connectivity index (χ1n) is 7.93. The fourth-order valence-electron chi connectivity index (χ4n) is 2.32. The lowest BCUT2D eigenvalue weighted by atomic mass is 10.1. The predicted molar refractivity (Wildman–Crippen MR) is 94.3 cm³/mol. The standard InChI is InChI=1S/C17H23N3O6/c1-11(2)20-15(5-6-18-20)19-13-7-12(25-9-23-3)8-14(26-10-24-4)16(13)17(21)22/h5-8,11,19H,9-10H2,1-4H3,(H,21,22). The van der Waals surface area contributed by atoms with E-state index in [1.165, 1.54) is 20.3 Å². The molecule has 0 aliphatic heterocycles. The second kappa shape index (κ2) is 9.07. The molecule has 0 saturated carbocycles. The molecule has 9 nitrogen and oxygen atoms in total. The van der Waals surface area contributed by atoms with Crippen LogP contribution in [0.25, 0.3) is 0 Å². The highest BCUT2D eigenvalue weighted by Gasteiger charge is 2.21. The highest BCUT2D eigenvalue weighted by molar-refractivity contribution is 5.98. The van der Waals surface area contributed by atoms with Crippen LogP contribution in [-0.2, 0) is 9.47 Å². The highest BCUT2D eigenvalue weighted by atomic mass is 16.7. The first kappa shape index (κ1) is 19.5. The van der Waals surface area contributed by atoms with E-state index in [0.29, 0.717) is 17.3 Å². The Morgan fingerprint density at radius 1 is 1.23 bits per heavy atom. The van der Waals surface area contributed by atoms with Crippen molar-refractivity contribution in [2.75, 3.05) is 33.1 Å². The van der Waals surface area contributed by atoms with Gasteiger partial charge in [-0.3, -0.25) is 0 Å². The number of nitrogens with zero attached hydrogens (tertiary/aromatic N) is 2. The highest BCUT2D eigenvalue weighted by Crippen LogP contribution is 2.35. The third-order valence-electron chi connectivity index (χ3n) is 3.39. The normalized spacial score (nSPS) is 10.8. The summed E-state index contributed by atoms with van der Waals surface area (Å²) in [5.74, 6) is 0.00344. The van der Waals surface area contributed by atoms with Crippen LogP contribution in [-0.4, -0.2) is 48.7 Å². The van der Waals surface area contributed by atoms with Gasteiger partial charge in [-0.05, 0) is 13.8 Å². The van der Waals surface area contributed by atoms with Crippen LogP contribution >= 0.6 is 0 Å². The average Bonchev–Trinajstić information content (AvgIpc) is 3.06. The second-order valence-corrected chi connectivity index (χ2v) is 5.63. The van der Waals surface area contributed by atoms with Gasteiger partial charge < -0.3 is 29.4 Å². The quantitative estimate of drug-likeness (QED) is 0.620. The molecular weight excluding hydrogens is 342 g/mol. The number of carboxylic acid groups (broad SMARTS) is 1. The van der Waals surface area contributed by atoms with Crippen LogP contribution < -0.4 is 14.8 Å². The van der Waals surface area contributed by atoms with Gasteiger partial charge in [-0.2, -0.15) is 5.10 Å². The molecule has 0 bridgehead atoms. The van der Waals surface area contributed by atoms with E-state index in [9.17, 15) is 9.90 Å². The van der Waals surface area contributed by atoms with Crippen LogP contribution in [0.2, 0.25) is 0 Å². The first-order chi connectivity index (χ1) is 12.5. The fraction of sp³-hybridized carbons (Fsp3) is 0.412. The molecule has 0 aliphatic carbocycles. The lowest BCUT2D eigenvalue weighted by molar-refractivity contribution is 0.0447. The molecule has 2 N–H and O–H groups in total. The number of aromatic nitrogens is 2. The van der Waals surface area contributed by atoms with Crippen LogP contribution in [0.15, 0.2) is 24.4 Å². The summed E-state index contributed by atoms with van der Waals surface area (Å²) >= 11 is 0. The van der Waals surface area contributed by atoms with Crippen LogP contribution in [0.4, 0.5) is 11.5 Å². The molecule has 1 aromatic carbocycles. The average molecular weight is 365 g/mol. The molecule has 2 aromatic rings. The Kier molecular flexibility index (Phi) is 6.81. The zero-order chi connectivity index (χ0) is 19.1. The lowest BCUT2D eigenvalue weighted by Gasteiger charge is -2.18. The monoisotopic (exact) mass is 365 g/mol. The molecule has 142 valence electrons. The van der Waals surface area contributed by atoms with Crippen molar-refractivity contribution < 1.29 is 28.8 Å². The fourth-order valence-corrected chi connectivity index (χ4v) is 2.32. The Morgan fingerprint density at radius 3 is 2.54 bits per heavy atom. The van der Waals surface area contributed by atoms with E-state index in [1.54, 1.807) is 23.0 Å². The molecule has 0 radical (unpaired) electrons. The minimum atomic E-state index is -1.15. The molecule has 1 aromatic heterocycles. The molecule has 9 heteroatoms. The van der Waals surface area contributed by atoms with E-state index >= 15 is 0 Å². The summed E-state index contributed by atoms with van der Waals surface area (Å²) < 4.78 is 22.4. The number of anilines is 2. The molecule has 1 heterocycles. The summed E-state index contributed by atoms with van der Waals surface area (Å²) in [4.78, 5) is 11.8. The number of aromatic carboxylic acids is 1. The van der Waals surface area contributed by atoms with Gasteiger partial charge in [0.1, 0.15) is 22.9 Å². The third kappa shape index (κ3) is 4.64. The van der Waals surface area contributed by atoms with Gasteiger partial charge in [0.15, 0.2) is 13.6 Å². The number of nitrogens with one attached hydrogen (secondary N) is 1. The SMILES string of the molecule is COCOc1cc(Nc2ccnn2C(C)C)c(C(=O)O)c(OCOC)c1. The van der Waals surface area contributed by atoms with Crippen molar-refractivity contribution in [2.24, 2.45) is 0 Å². The zero-order valence-electron chi connectivity index (χ0n) is 15.2. The smallest absolute Gasteiger partial charge is 0.341 e. The van der Waals surface area contributed by atoms with E-state index in [4.69, 9.17) is 18.9 Å². The van der Waals surface area contributed by atoms with Gasteiger partial charge in [-0.25, -0.2) is 9.48 Å². The number of rotatable bonds is 10. The summed E-state index contributed by atoms with van der Waals surface area (Å²) in [6, 6.07) is 4.90. The summed E-state index contributed by atoms with van der Waals surface area (Å²) in [6.07, 6.45) is 1.64. The van der Waals surface area contributed by atoms with Crippen LogP contribution in [0, 0.1) is 0 Å². The van der Waals surface area contributed by atoms with E-state index in [-0.39, 0.29) is 30.9 Å².